The van der Waals surface area contributed by atoms with E-state index in [-0.39, 0.29) is 11.7 Å². The van der Waals surface area contributed by atoms with E-state index >= 15 is 0 Å². The van der Waals surface area contributed by atoms with Crippen molar-refractivity contribution in [2.24, 2.45) is 0 Å². The lowest BCUT2D eigenvalue weighted by atomic mass is 10.2. The molecule has 150 valence electrons. The van der Waals surface area contributed by atoms with Crippen LogP contribution in [0.2, 0.25) is 0 Å². The predicted octanol–water partition coefficient (Wildman–Crippen LogP) is 0.871. The summed E-state index contributed by atoms with van der Waals surface area (Å²) in [6.45, 7) is 5.34. The van der Waals surface area contributed by atoms with Crippen LogP contribution in [0.5, 0.6) is 0 Å². The highest BCUT2D eigenvalue weighted by Gasteiger charge is 2.25. The number of carbonyl (C=O) groups excluding carboxylic acids is 1. The van der Waals surface area contributed by atoms with Crippen LogP contribution < -0.4 is 15.1 Å². The summed E-state index contributed by atoms with van der Waals surface area (Å²) in [5.41, 5.74) is 2.94. The third-order valence-electron chi connectivity index (χ3n) is 5.21. The van der Waals surface area contributed by atoms with Crippen LogP contribution in [0.4, 0.5) is 10.1 Å². The Balaban J connectivity index is 1.23. The van der Waals surface area contributed by atoms with Gasteiger partial charge in [-0.3, -0.25) is 4.79 Å². The molecule has 0 saturated carbocycles. The summed E-state index contributed by atoms with van der Waals surface area (Å²) in [7, 11) is 0. The second-order valence-electron chi connectivity index (χ2n) is 7.42. The number of piperazine rings is 1. The van der Waals surface area contributed by atoms with Gasteiger partial charge in [-0.1, -0.05) is 30.3 Å². The summed E-state index contributed by atoms with van der Waals surface area (Å²) >= 11 is 1.70. The van der Waals surface area contributed by atoms with Gasteiger partial charge in [0.1, 0.15) is 49.2 Å². The maximum Gasteiger partial charge on any atom is 0.279 e. The molecule has 29 heavy (non-hydrogen) atoms. The van der Waals surface area contributed by atoms with Gasteiger partial charge in [0.05, 0.1) is 0 Å². The Morgan fingerprint density at radius 3 is 2.41 bits per heavy atom. The molecule has 1 fully saturated rings. The lowest BCUT2D eigenvalue weighted by Gasteiger charge is -2.28. The van der Waals surface area contributed by atoms with E-state index < -0.39 is 0 Å². The SMILES string of the molecule is O=C(C[NH+]1CC[NH+](Cc2csc(-c3ccccc3)n2)CC1)Nc1ccc(F)cc1. The van der Waals surface area contributed by atoms with Crippen molar-refractivity contribution < 1.29 is 19.0 Å². The zero-order valence-electron chi connectivity index (χ0n) is 16.2. The summed E-state index contributed by atoms with van der Waals surface area (Å²) in [6, 6.07) is 16.2. The lowest BCUT2D eigenvalue weighted by molar-refractivity contribution is -1.02. The van der Waals surface area contributed by atoms with Crippen LogP contribution in [0.25, 0.3) is 10.6 Å². The van der Waals surface area contributed by atoms with Gasteiger partial charge in [-0.05, 0) is 24.3 Å². The molecular formula is C22H25FN4OS+2. The predicted molar refractivity (Wildman–Crippen MR) is 113 cm³/mol. The fraction of sp³-hybridized carbons (Fsp3) is 0.273. The highest BCUT2D eigenvalue weighted by Crippen LogP contribution is 2.22. The molecule has 0 spiro atoms. The fourth-order valence-electron chi connectivity index (χ4n) is 3.63. The van der Waals surface area contributed by atoms with Crippen LogP contribution in [-0.2, 0) is 11.3 Å². The van der Waals surface area contributed by atoms with Crippen molar-refractivity contribution >= 4 is 22.9 Å². The molecule has 3 aromatic rings. The number of nitrogens with one attached hydrogen (secondary N) is 3. The van der Waals surface area contributed by atoms with Crippen LogP contribution in [0, 0.1) is 5.82 Å². The molecular weight excluding hydrogens is 387 g/mol. The molecule has 1 aliphatic rings. The Kier molecular flexibility index (Phi) is 6.29. The van der Waals surface area contributed by atoms with Crippen molar-refractivity contribution in [3.05, 3.63) is 71.5 Å². The molecule has 1 aromatic heterocycles. The van der Waals surface area contributed by atoms with E-state index in [9.17, 15) is 9.18 Å². The number of amides is 1. The Morgan fingerprint density at radius 2 is 1.69 bits per heavy atom. The van der Waals surface area contributed by atoms with Gasteiger partial charge in [-0.2, -0.15) is 0 Å². The van der Waals surface area contributed by atoms with Crippen LogP contribution in [0.15, 0.2) is 60.0 Å². The van der Waals surface area contributed by atoms with E-state index in [1.54, 1.807) is 23.5 Å². The van der Waals surface area contributed by atoms with E-state index in [0.29, 0.717) is 12.2 Å². The quantitative estimate of drug-likeness (QED) is 0.563. The summed E-state index contributed by atoms with van der Waals surface area (Å²) in [5, 5.41) is 6.07. The van der Waals surface area contributed by atoms with E-state index in [0.717, 1.165) is 43.4 Å². The highest BCUT2D eigenvalue weighted by molar-refractivity contribution is 7.13. The standard InChI is InChI=1S/C22H23FN4OS/c23-18-6-8-19(9-7-18)24-21(28)15-27-12-10-26(11-13-27)14-20-16-29-22(25-20)17-4-2-1-3-5-17/h1-9,16H,10-15H2,(H,24,28)/p+2. The van der Waals surface area contributed by atoms with Gasteiger partial charge in [0.2, 0.25) is 0 Å². The number of carbonyl (C=O) groups is 1. The van der Waals surface area contributed by atoms with Crippen LogP contribution in [0.3, 0.4) is 0 Å². The van der Waals surface area contributed by atoms with E-state index in [1.807, 2.05) is 18.2 Å². The van der Waals surface area contributed by atoms with Crippen molar-refractivity contribution in [3.8, 4) is 10.6 Å². The molecule has 4 rings (SSSR count). The average Bonchev–Trinajstić information content (AvgIpc) is 3.20. The number of aromatic nitrogens is 1. The summed E-state index contributed by atoms with van der Waals surface area (Å²) in [5.74, 6) is -0.328. The molecule has 3 N–H and O–H groups in total. The summed E-state index contributed by atoms with van der Waals surface area (Å²) in [6.07, 6.45) is 0. The molecule has 5 nitrogen and oxygen atoms in total. The first kappa shape index (κ1) is 19.7. The molecule has 2 aromatic carbocycles. The molecule has 7 heteroatoms. The molecule has 0 aliphatic carbocycles. The van der Waals surface area contributed by atoms with E-state index in [4.69, 9.17) is 4.98 Å². The van der Waals surface area contributed by atoms with Crippen LogP contribution in [0.1, 0.15) is 5.69 Å². The van der Waals surface area contributed by atoms with Gasteiger partial charge in [-0.25, -0.2) is 9.37 Å². The normalized spacial score (nSPS) is 19.1. The molecule has 0 radical (unpaired) electrons. The van der Waals surface area contributed by atoms with Gasteiger partial charge in [0.25, 0.3) is 5.91 Å². The maximum absolute atomic E-state index is 13.0. The minimum absolute atomic E-state index is 0.0259. The fourth-order valence-corrected chi connectivity index (χ4v) is 4.46. The topological polar surface area (TPSA) is 50.9 Å². The van der Waals surface area contributed by atoms with Crippen molar-refractivity contribution in [2.75, 3.05) is 38.0 Å². The maximum atomic E-state index is 13.0. The summed E-state index contributed by atoms with van der Waals surface area (Å²) < 4.78 is 13.0. The Hall–Kier alpha value is -2.61. The van der Waals surface area contributed by atoms with Gasteiger partial charge in [0.15, 0.2) is 6.54 Å². The Bertz CT molecular complexity index is 937. The highest BCUT2D eigenvalue weighted by atomic mass is 32.1. The van der Waals surface area contributed by atoms with Gasteiger partial charge in [0, 0.05) is 16.6 Å². The van der Waals surface area contributed by atoms with Crippen molar-refractivity contribution in [2.45, 2.75) is 6.54 Å². The zero-order valence-corrected chi connectivity index (χ0v) is 17.0. The van der Waals surface area contributed by atoms with Crippen LogP contribution in [-0.4, -0.2) is 43.6 Å². The number of nitrogens with zero attached hydrogens (tertiary/aromatic N) is 1. The van der Waals surface area contributed by atoms with Crippen molar-refractivity contribution in [1.82, 2.24) is 4.98 Å². The average molecular weight is 413 g/mol. The monoisotopic (exact) mass is 412 g/mol. The minimum Gasteiger partial charge on any atom is -0.321 e. The lowest BCUT2D eigenvalue weighted by Crippen LogP contribution is -3.28. The number of hydrogen-bond acceptors (Lipinski definition) is 3. The van der Waals surface area contributed by atoms with Gasteiger partial charge < -0.3 is 15.1 Å². The molecule has 1 aliphatic heterocycles. The number of halogens is 1. The van der Waals surface area contributed by atoms with Crippen molar-refractivity contribution in [1.29, 1.82) is 0 Å². The van der Waals surface area contributed by atoms with Gasteiger partial charge >= 0.3 is 0 Å². The minimum atomic E-state index is -0.302. The Morgan fingerprint density at radius 1 is 1.00 bits per heavy atom. The van der Waals surface area contributed by atoms with Crippen LogP contribution >= 0.6 is 11.3 Å². The zero-order chi connectivity index (χ0) is 20.1. The second kappa shape index (κ2) is 9.26. The first-order valence-electron chi connectivity index (χ1n) is 9.88. The molecule has 1 saturated heterocycles. The molecule has 0 bridgehead atoms. The number of anilines is 1. The van der Waals surface area contributed by atoms with Gasteiger partial charge in [-0.15, -0.1) is 11.3 Å². The number of thiazole rings is 1. The third-order valence-corrected chi connectivity index (χ3v) is 6.15. The second-order valence-corrected chi connectivity index (χ2v) is 8.28. The molecule has 2 heterocycles. The molecule has 0 atom stereocenters. The molecule has 1 amide bonds. The van der Waals surface area contributed by atoms with E-state index in [2.05, 4.69) is 22.8 Å². The molecule has 0 unspecified atom stereocenters. The number of quaternary nitrogens is 2. The number of rotatable bonds is 6. The smallest absolute Gasteiger partial charge is 0.279 e. The largest absolute Gasteiger partial charge is 0.321 e. The van der Waals surface area contributed by atoms with E-state index in [1.165, 1.54) is 27.5 Å². The first-order valence-corrected chi connectivity index (χ1v) is 10.8. The summed E-state index contributed by atoms with van der Waals surface area (Å²) in [4.78, 5) is 19.8. The van der Waals surface area contributed by atoms with Crippen molar-refractivity contribution in [3.63, 3.8) is 0 Å². The number of hydrogen-bond donors (Lipinski definition) is 3. The Labute approximate surface area is 173 Å². The third kappa shape index (κ3) is 5.47. The number of benzene rings is 2. The first-order chi connectivity index (χ1) is 14.2.